The van der Waals surface area contributed by atoms with E-state index in [1.807, 2.05) is 6.07 Å². The van der Waals surface area contributed by atoms with Crippen LogP contribution in [0.4, 0.5) is 19.3 Å². The second-order valence-corrected chi connectivity index (χ2v) is 7.19. The zero-order valence-corrected chi connectivity index (χ0v) is 16.7. The van der Waals surface area contributed by atoms with Crippen molar-refractivity contribution < 1.29 is 28.2 Å². The Balaban J connectivity index is 1.46. The van der Waals surface area contributed by atoms with Gasteiger partial charge in [-0.25, -0.2) is 13.6 Å². The topological polar surface area (TPSA) is 113 Å². The van der Waals surface area contributed by atoms with Crippen LogP contribution in [0.15, 0.2) is 42.6 Å². The Kier molecular flexibility index (Phi) is 7.85. The van der Waals surface area contributed by atoms with E-state index in [4.69, 9.17) is 4.74 Å². The molecule has 3 atom stereocenters. The molecule has 1 aliphatic rings. The number of amides is 3. The Bertz CT molecular complexity index is 900. The third kappa shape index (κ3) is 6.69. The fourth-order valence-corrected chi connectivity index (χ4v) is 3.34. The van der Waals surface area contributed by atoms with E-state index in [-0.39, 0.29) is 24.6 Å². The maximum atomic E-state index is 13.7. The first kappa shape index (κ1) is 22.6. The average molecular weight is 434 g/mol. The standard InChI is InChI=1S/C21H24F2N4O4/c22-13-4-6-16(23)18(9-13)27-21(30)26-17-7-5-15(31-19(17)12-28)10-20(29)25-11-14-3-1-2-8-24-14/h1-4,6,8-9,15,17,19,28H,5,7,10-12H2,(H,25,29)(H2,26,27,30)/t15-,17-,19-/m0/s1. The van der Waals surface area contributed by atoms with Crippen LogP contribution >= 0.6 is 0 Å². The van der Waals surface area contributed by atoms with Gasteiger partial charge >= 0.3 is 6.03 Å². The number of hydrogen-bond donors (Lipinski definition) is 4. The van der Waals surface area contributed by atoms with Crippen molar-refractivity contribution in [1.82, 2.24) is 15.6 Å². The highest BCUT2D eigenvalue weighted by molar-refractivity contribution is 5.89. The summed E-state index contributed by atoms with van der Waals surface area (Å²) >= 11 is 0. The lowest BCUT2D eigenvalue weighted by molar-refractivity contribution is -0.130. The maximum absolute atomic E-state index is 13.7. The molecule has 166 valence electrons. The van der Waals surface area contributed by atoms with Gasteiger partial charge in [0.15, 0.2) is 0 Å². The normalized spacial score (nSPS) is 20.7. The Morgan fingerprint density at radius 3 is 2.77 bits per heavy atom. The van der Waals surface area contributed by atoms with Gasteiger partial charge in [0, 0.05) is 12.3 Å². The van der Waals surface area contributed by atoms with Crippen molar-refractivity contribution in [3.63, 3.8) is 0 Å². The number of aromatic nitrogens is 1. The first-order chi connectivity index (χ1) is 14.9. The summed E-state index contributed by atoms with van der Waals surface area (Å²) in [7, 11) is 0. The van der Waals surface area contributed by atoms with E-state index < -0.39 is 35.9 Å². The van der Waals surface area contributed by atoms with Crippen molar-refractivity contribution in [2.75, 3.05) is 11.9 Å². The van der Waals surface area contributed by atoms with E-state index >= 15 is 0 Å². The first-order valence-corrected chi connectivity index (χ1v) is 9.90. The molecule has 3 rings (SSSR count). The smallest absolute Gasteiger partial charge is 0.319 e. The lowest BCUT2D eigenvalue weighted by Crippen LogP contribution is -2.52. The highest BCUT2D eigenvalue weighted by atomic mass is 19.1. The predicted molar refractivity (Wildman–Crippen MR) is 108 cm³/mol. The third-order valence-electron chi connectivity index (χ3n) is 4.89. The number of carbonyl (C=O) groups is 2. The van der Waals surface area contributed by atoms with Gasteiger partial charge in [0.25, 0.3) is 0 Å². The summed E-state index contributed by atoms with van der Waals surface area (Å²) in [6.45, 7) is -0.0673. The second-order valence-electron chi connectivity index (χ2n) is 7.19. The summed E-state index contributed by atoms with van der Waals surface area (Å²) in [4.78, 5) is 28.5. The highest BCUT2D eigenvalue weighted by Gasteiger charge is 2.33. The number of aliphatic hydroxyl groups is 1. The minimum Gasteiger partial charge on any atom is -0.394 e. The molecule has 0 bridgehead atoms. The van der Waals surface area contributed by atoms with Gasteiger partial charge in [0.1, 0.15) is 17.7 Å². The van der Waals surface area contributed by atoms with E-state index in [0.717, 1.165) is 23.9 Å². The van der Waals surface area contributed by atoms with Crippen LogP contribution in [-0.4, -0.2) is 46.9 Å². The average Bonchev–Trinajstić information content (AvgIpc) is 2.76. The van der Waals surface area contributed by atoms with Crippen LogP contribution in [0.5, 0.6) is 0 Å². The number of anilines is 1. The van der Waals surface area contributed by atoms with Crippen molar-refractivity contribution in [1.29, 1.82) is 0 Å². The van der Waals surface area contributed by atoms with Gasteiger partial charge in [-0.3, -0.25) is 9.78 Å². The van der Waals surface area contributed by atoms with Crippen molar-refractivity contribution in [2.24, 2.45) is 0 Å². The number of nitrogens with zero attached hydrogens (tertiary/aromatic N) is 1. The molecule has 3 amide bonds. The van der Waals surface area contributed by atoms with E-state index in [1.54, 1.807) is 18.3 Å². The third-order valence-corrected chi connectivity index (χ3v) is 4.89. The van der Waals surface area contributed by atoms with Gasteiger partial charge in [-0.05, 0) is 37.1 Å². The predicted octanol–water partition coefficient (Wildman–Crippen LogP) is 2.10. The number of hydrogen-bond acceptors (Lipinski definition) is 5. The summed E-state index contributed by atoms with van der Waals surface area (Å²) in [6, 6.07) is 6.85. The zero-order chi connectivity index (χ0) is 22.2. The SMILES string of the molecule is O=C(C[C@@H]1CC[C@H](NC(=O)Nc2cc(F)ccc2F)[C@H](CO)O1)NCc1ccccn1. The van der Waals surface area contributed by atoms with Crippen molar-refractivity contribution in [3.05, 3.63) is 59.9 Å². The second kappa shape index (κ2) is 10.8. The molecular weight excluding hydrogens is 410 g/mol. The number of carbonyl (C=O) groups excluding carboxylic acids is 2. The molecule has 1 aromatic heterocycles. The molecule has 1 saturated heterocycles. The number of halogens is 2. The van der Waals surface area contributed by atoms with Crippen LogP contribution < -0.4 is 16.0 Å². The minimum absolute atomic E-state index is 0.108. The number of aliphatic hydroxyl groups excluding tert-OH is 1. The summed E-state index contributed by atoms with van der Waals surface area (Å²) < 4.78 is 32.7. The van der Waals surface area contributed by atoms with E-state index in [0.29, 0.717) is 19.4 Å². The molecule has 4 N–H and O–H groups in total. The van der Waals surface area contributed by atoms with Crippen molar-refractivity contribution in [3.8, 4) is 0 Å². The summed E-state index contributed by atoms with van der Waals surface area (Å²) in [6.07, 6.45) is 1.53. The summed E-state index contributed by atoms with van der Waals surface area (Å²) in [5.41, 5.74) is 0.441. The molecule has 0 radical (unpaired) electrons. The molecule has 1 aromatic carbocycles. The number of rotatable bonds is 7. The molecule has 1 aliphatic heterocycles. The minimum atomic E-state index is -0.771. The van der Waals surface area contributed by atoms with Crippen LogP contribution in [0.25, 0.3) is 0 Å². The lowest BCUT2D eigenvalue weighted by atomic mass is 9.97. The molecule has 0 spiro atoms. The Hall–Kier alpha value is -3.11. The quantitative estimate of drug-likeness (QED) is 0.533. The van der Waals surface area contributed by atoms with Crippen LogP contribution in [0.1, 0.15) is 25.0 Å². The monoisotopic (exact) mass is 434 g/mol. The highest BCUT2D eigenvalue weighted by Crippen LogP contribution is 2.22. The largest absolute Gasteiger partial charge is 0.394 e. The van der Waals surface area contributed by atoms with Gasteiger partial charge < -0.3 is 25.8 Å². The molecule has 0 saturated carbocycles. The van der Waals surface area contributed by atoms with Gasteiger partial charge in [-0.1, -0.05) is 6.07 Å². The Morgan fingerprint density at radius 2 is 2.03 bits per heavy atom. The van der Waals surface area contributed by atoms with Gasteiger partial charge in [0.05, 0.1) is 43.1 Å². The Morgan fingerprint density at radius 1 is 1.19 bits per heavy atom. The molecule has 2 aromatic rings. The lowest BCUT2D eigenvalue weighted by Gasteiger charge is -2.35. The summed E-state index contributed by atoms with van der Waals surface area (Å²) in [5, 5.41) is 17.3. The number of ether oxygens (including phenoxy) is 1. The zero-order valence-electron chi connectivity index (χ0n) is 16.7. The molecule has 0 aliphatic carbocycles. The number of benzene rings is 1. The number of pyridine rings is 1. The number of urea groups is 1. The van der Waals surface area contributed by atoms with E-state index in [2.05, 4.69) is 20.9 Å². The molecule has 8 nitrogen and oxygen atoms in total. The van der Waals surface area contributed by atoms with E-state index in [9.17, 15) is 23.5 Å². The molecular formula is C21H24F2N4O4. The first-order valence-electron chi connectivity index (χ1n) is 9.90. The van der Waals surface area contributed by atoms with Gasteiger partial charge in [0.2, 0.25) is 5.91 Å². The Labute approximate surface area is 178 Å². The summed E-state index contributed by atoms with van der Waals surface area (Å²) in [5.74, 6) is -1.67. The molecule has 0 unspecified atom stereocenters. The van der Waals surface area contributed by atoms with Crippen molar-refractivity contribution in [2.45, 2.75) is 44.1 Å². The molecule has 10 heteroatoms. The van der Waals surface area contributed by atoms with Gasteiger partial charge in [-0.2, -0.15) is 0 Å². The van der Waals surface area contributed by atoms with E-state index in [1.165, 1.54) is 0 Å². The number of nitrogens with one attached hydrogen (secondary N) is 3. The fourth-order valence-electron chi connectivity index (χ4n) is 3.34. The van der Waals surface area contributed by atoms with Crippen LogP contribution in [-0.2, 0) is 16.1 Å². The maximum Gasteiger partial charge on any atom is 0.319 e. The van der Waals surface area contributed by atoms with Crippen LogP contribution in [0.2, 0.25) is 0 Å². The molecule has 2 heterocycles. The molecule has 31 heavy (non-hydrogen) atoms. The van der Waals surface area contributed by atoms with Crippen molar-refractivity contribution >= 4 is 17.6 Å². The fraction of sp³-hybridized carbons (Fsp3) is 0.381. The van der Waals surface area contributed by atoms with Gasteiger partial charge in [-0.15, -0.1) is 0 Å². The van der Waals surface area contributed by atoms with Crippen LogP contribution in [0.3, 0.4) is 0 Å². The van der Waals surface area contributed by atoms with Crippen LogP contribution in [0, 0.1) is 11.6 Å². The molecule has 1 fully saturated rings.